The van der Waals surface area contributed by atoms with Gasteiger partial charge in [-0.3, -0.25) is 0 Å². The Morgan fingerprint density at radius 1 is 0.778 bits per heavy atom. The fraction of sp³-hybridized carbons (Fsp3) is 0.214. The molecule has 8 heteroatoms. The first-order chi connectivity index (χ1) is 17.2. The maximum atomic E-state index is 14.7. The average Bonchev–Trinajstić information content (AvgIpc) is 2.82. The van der Waals surface area contributed by atoms with E-state index in [9.17, 15) is 30.7 Å². The Morgan fingerprint density at radius 2 is 1.39 bits per heavy atom. The zero-order chi connectivity index (χ0) is 26.0. The van der Waals surface area contributed by atoms with Crippen LogP contribution < -0.4 is 0 Å². The van der Waals surface area contributed by atoms with E-state index in [1.165, 1.54) is 0 Å². The van der Waals surface area contributed by atoms with Crippen LogP contribution >= 0.6 is 0 Å². The lowest BCUT2D eigenvalue weighted by molar-refractivity contribution is 0.118. The third-order valence-corrected chi connectivity index (χ3v) is 5.95. The molecule has 0 N–H and O–H groups in total. The first-order valence-corrected chi connectivity index (χ1v) is 11.3. The summed E-state index contributed by atoms with van der Waals surface area (Å²) < 4.78 is 104. The molecule has 3 aromatic carbocycles. The molecule has 0 aliphatic carbocycles. The molecule has 0 fully saturated rings. The zero-order valence-electron chi connectivity index (χ0n) is 19.2. The van der Waals surface area contributed by atoms with E-state index in [4.69, 9.17) is 4.74 Å². The molecule has 0 saturated heterocycles. The van der Waals surface area contributed by atoms with Gasteiger partial charge in [-0.25, -0.2) is 30.7 Å². The topological polar surface area (TPSA) is 9.23 Å². The lowest BCUT2D eigenvalue weighted by Gasteiger charge is -2.23. The molecule has 1 aliphatic rings. The molecular formula is C28H21F7O. The molecule has 4 rings (SSSR count). The highest BCUT2D eigenvalue weighted by Gasteiger charge is 2.21. The summed E-state index contributed by atoms with van der Waals surface area (Å²) >= 11 is 0. The Labute approximate surface area is 203 Å². The molecule has 1 atom stereocenters. The highest BCUT2D eigenvalue weighted by atomic mass is 19.2. The third-order valence-electron chi connectivity index (χ3n) is 5.95. The van der Waals surface area contributed by atoms with Gasteiger partial charge in [-0.2, -0.15) is 0 Å². The van der Waals surface area contributed by atoms with Gasteiger partial charge in [0.05, 0.1) is 11.8 Å². The maximum absolute atomic E-state index is 14.7. The van der Waals surface area contributed by atoms with Gasteiger partial charge in [-0.05, 0) is 84.0 Å². The summed E-state index contributed by atoms with van der Waals surface area (Å²) in [7, 11) is 0. The van der Waals surface area contributed by atoms with Crippen molar-refractivity contribution in [1.82, 2.24) is 0 Å². The summed E-state index contributed by atoms with van der Waals surface area (Å²) in [5.41, 5.74) is -0.321. The SMILES string of the molecule is CCCC1=COC(c2cc(F)c(/C=C/c3cc(F)c(-c4cc(F)c(F)c(F)c4)c(F)c3)c(F)c2)CC1. The molecule has 0 saturated carbocycles. The van der Waals surface area contributed by atoms with Gasteiger partial charge >= 0.3 is 0 Å². The standard InChI is InChI=1S/C28H21F7O/c1-2-3-15-5-7-26(36-14-15)17-10-20(29)19(21(30)11-17)6-4-16-8-22(31)27(23(32)9-16)18-12-24(33)28(35)25(34)13-18/h4,6,8-14,26H,2-3,5,7H2,1H3/b6-4+. The van der Waals surface area contributed by atoms with Crippen molar-refractivity contribution in [3.05, 3.63) is 106 Å². The Hall–Kier alpha value is -3.55. The number of rotatable bonds is 6. The summed E-state index contributed by atoms with van der Waals surface area (Å²) in [5.74, 6) is -9.09. The van der Waals surface area contributed by atoms with E-state index in [0.717, 1.165) is 61.3 Å². The maximum Gasteiger partial charge on any atom is 0.194 e. The smallest absolute Gasteiger partial charge is 0.194 e. The highest BCUT2D eigenvalue weighted by Crippen LogP contribution is 2.34. The van der Waals surface area contributed by atoms with Gasteiger partial charge < -0.3 is 4.74 Å². The van der Waals surface area contributed by atoms with E-state index < -0.39 is 63.5 Å². The van der Waals surface area contributed by atoms with Gasteiger partial charge in [-0.1, -0.05) is 19.4 Å². The van der Waals surface area contributed by atoms with Crippen LogP contribution in [0.5, 0.6) is 0 Å². The summed E-state index contributed by atoms with van der Waals surface area (Å²) in [6, 6.07) is 4.92. The Morgan fingerprint density at radius 3 is 1.92 bits per heavy atom. The van der Waals surface area contributed by atoms with E-state index >= 15 is 0 Å². The zero-order valence-corrected chi connectivity index (χ0v) is 19.2. The summed E-state index contributed by atoms with van der Waals surface area (Å²) in [4.78, 5) is 0. The first-order valence-electron chi connectivity index (χ1n) is 11.3. The van der Waals surface area contributed by atoms with Crippen LogP contribution in [0.3, 0.4) is 0 Å². The van der Waals surface area contributed by atoms with Crippen molar-refractivity contribution in [2.45, 2.75) is 38.7 Å². The Bertz CT molecular complexity index is 1290. The number of hydrogen-bond donors (Lipinski definition) is 0. The van der Waals surface area contributed by atoms with Crippen molar-refractivity contribution in [3.63, 3.8) is 0 Å². The quantitative estimate of drug-likeness (QED) is 0.184. The number of hydrogen-bond acceptors (Lipinski definition) is 1. The lowest BCUT2D eigenvalue weighted by Crippen LogP contribution is -2.08. The molecule has 1 nitrogen and oxygen atoms in total. The summed E-state index contributed by atoms with van der Waals surface area (Å²) in [6.07, 6.45) is 6.52. The van der Waals surface area contributed by atoms with Crippen molar-refractivity contribution in [2.24, 2.45) is 0 Å². The van der Waals surface area contributed by atoms with Crippen molar-refractivity contribution in [1.29, 1.82) is 0 Å². The molecule has 1 aliphatic heterocycles. The van der Waals surface area contributed by atoms with Crippen molar-refractivity contribution in [3.8, 4) is 11.1 Å². The monoisotopic (exact) mass is 506 g/mol. The van der Waals surface area contributed by atoms with Crippen LogP contribution in [0.15, 0.2) is 48.2 Å². The second-order valence-electron chi connectivity index (χ2n) is 8.53. The number of ether oxygens (including phenoxy) is 1. The van der Waals surface area contributed by atoms with Crippen molar-refractivity contribution in [2.75, 3.05) is 0 Å². The van der Waals surface area contributed by atoms with Crippen molar-refractivity contribution >= 4 is 12.2 Å². The van der Waals surface area contributed by atoms with Gasteiger partial charge in [-0.15, -0.1) is 0 Å². The lowest BCUT2D eigenvalue weighted by atomic mass is 9.96. The molecule has 0 bridgehead atoms. The minimum absolute atomic E-state index is 0.0936. The summed E-state index contributed by atoms with van der Waals surface area (Å²) in [5, 5.41) is 0. The summed E-state index contributed by atoms with van der Waals surface area (Å²) in [6.45, 7) is 2.05. The van der Waals surface area contributed by atoms with E-state index in [1.54, 1.807) is 6.26 Å². The Balaban J connectivity index is 1.58. The van der Waals surface area contributed by atoms with E-state index in [2.05, 4.69) is 6.92 Å². The minimum atomic E-state index is -1.76. The molecule has 188 valence electrons. The van der Waals surface area contributed by atoms with E-state index in [1.807, 2.05) is 0 Å². The largest absolute Gasteiger partial charge is 0.493 e. The first kappa shape index (κ1) is 25.5. The van der Waals surface area contributed by atoms with Gasteiger partial charge in [0, 0.05) is 5.56 Å². The molecule has 1 unspecified atom stereocenters. The fourth-order valence-electron chi connectivity index (χ4n) is 4.17. The minimum Gasteiger partial charge on any atom is -0.493 e. The number of benzene rings is 3. The third kappa shape index (κ3) is 5.32. The average molecular weight is 506 g/mol. The van der Waals surface area contributed by atoms with E-state index in [0.29, 0.717) is 24.1 Å². The van der Waals surface area contributed by atoms with Gasteiger partial charge in [0.2, 0.25) is 0 Å². The van der Waals surface area contributed by atoms with Crippen LogP contribution in [0.4, 0.5) is 30.7 Å². The van der Waals surface area contributed by atoms with E-state index in [-0.39, 0.29) is 5.56 Å². The molecule has 3 aromatic rings. The van der Waals surface area contributed by atoms with Crippen LogP contribution in [0.25, 0.3) is 23.3 Å². The van der Waals surface area contributed by atoms with Gasteiger partial charge in [0.25, 0.3) is 0 Å². The van der Waals surface area contributed by atoms with Gasteiger partial charge in [0.1, 0.15) is 29.4 Å². The molecular weight excluding hydrogens is 485 g/mol. The number of halogens is 7. The molecule has 36 heavy (non-hydrogen) atoms. The van der Waals surface area contributed by atoms with Gasteiger partial charge in [0.15, 0.2) is 17.5 Å². The fourth-order valence-corrected chi connectivity index (χ4v) is 4.17. The van der Waals surface area contributed by atoms with Crippen LogP contribution in [0, 0.1) is 40.7 Å². The van der Waals surface area contributed by atoms with Crippen LogP contribution in [0.1, 0.15) is 55.4 Å². The number of allylic oxidation sites excluding steroid dienone is 1. The second-order valence-corrected chi connectivity index (χ2v) is 8.53. The molecule has 0 amide bonds. The molecule has 0 radical (unpaired) electrons. The molecule has 1 heterocycles. The van der Waals surface area contributed by atoms with Crippen molar-refractivity contribution < 1.29 is 35.5 Å². The normalized spacial score (nSPS) is 15.8. The second kappa shape index (κ2) is 10.6. The molecule has 0 spiro atoms. The highest BCUT2D eigenvalue weighted by molar-refractivity contribution is 5.73. The predicted octanol–water partition coefficient (Wildman–Crippen LogP) is 9.03. The molecule has 0 aromatic heterocycles. The predicted molar refractivity (Wildman–Crippen MR) is 123 cm³/mol. The Kier molecular flexibility index (Phi) is 7.52. The van der Waals surface area contributed by atoms with Crippen LogP contribution in [0.2, 0.25) is 0 Å². The van der Waals surface area contributed by atoms with Crippen LogP contribution in [-0.4, -0.2) is 0 Å². The van der Waals surface area contributed by atoms with Crippen LogP contribution in [-0.2, 0) is 4.74 Å².